The molecule has 0 aliphatic heterocycles. The number of benzene rings is 1. The van der Waals surface area contributed by atoms with Gasteiger partial charge in [-0.3, -0.25) is 0 Å². The van der Waals surface area contributed by atoms with Gasteiger partial charge in [0.15, 0.2) is 0 Å². The first-order valence-electron chi connectivity index (χ1n) is 4.65. The summed E-state index contributed by atoms with van der Waals surface area (Å²) in [6.07, 6.45) is 0. The Bertz CT molecular complexity index is 477. The Labute approximate surface area is 83.0 Å². The number of rotatable bonds is 1. The maximum absolute atomic E-state index is 5.52. The molecule has 1 aromatic heterocycles. The fraction of sp³-hybridized carbons (Fsp3) is 0.273. The highest BCUT2D eigenvalue weighted by Crippen LogP contribution is 2.18. The van der Waals surface area contributed by atoms with Gasteiger partial charge in [-0.2, -0.15) is 0 Å². The molecule has 0 saturated carbocycles. The van der Waals surface area contributed by atoms with E-state index in [1.807, 2.05) is 19.1 Å². The summed E-state index contributed by atoms with van der Waals surface area (Å²) in [4.78, 5) is 8.72. The maximum Gasteiger partial charge on any atom is 0.142 e. The number of aromatic nitrogens is 2. The van der Waals surface area contributed by atoms with Gasteiger partial charge in [-0.1, -0.05) is 12.1 Å². The summed E-state index contributed by atoms with van der Waals surface area (Å²) in [5.74, 6) is 0.709. The van der Waals surface area contributed by atoms with Crippen LogP contribution in [0.3, 0.4) is 0 Å². The topological polar surface area (TPSA) is 51.8 Å². The van der Waals surface area contributed by atoms with Crippen LogP contribution in [0.15, 0.2) is 18.2 Å². The first kappa shape index (κ1) is 9.09. The normalized spacial score (nSPS) is 10.8. The van der Waals surface area contributed by atoms with Gasteiger partial charge >= 0.3 is 0 Å². The molecule has 2 N–H and O–H groups in total. The molecule has 0 aliphatic rings. The van der Waals surface area contributed by atoms with Crippen LogP contribution >= 0.6 is 0 Å². The summed E-state index contributed by atoms with van der Waals surface area (Å²) in [7, 11) is 0. The predicted octanol–water partition coefficient (Wildman–Crippen LogP) is 1.71. The van der Waals surface area contributed by atoms with Crippen LogP contribution < -0.4 is 5.73 Å². The highest BCUT2D eigenvalue weighted by molar-refractivity contribution is 5.84. The monoisotopic (exact) mass is 187 g/mol. The Hall–Kier alpha value is -1.48. The first-order chi connectivity index (χ1) is 6.72. The van der Waals surface area contributed by atoms with Crippen molar-refractivity contribution in [2.24, 2.45) is 5.73 Å². The zero-order valence-electron chi connectivity index (χ0n) is 8.41. The average molecular weight is 187 g/mol. The van der Waals surface area contributed by atoms with Crippen molar-refractivity contribution in [3.8, 4) is 0 Å². The lowest BCUT2D eigenvalue weighted by atomic mass is 10.1. The van der Waals surface area contributed by atoms with Crippen LogP contribution in [0.2, 0.25) is 0 Å². The van der Waals surface area contributed by atoms with Gasteiger partial charge in [-0.05, 0) is 25.5 Å². The summed E-state index contributed by atoms with van der Waals surface area (Å²) in [5, 5.41) is 1.14. The number of fused-ring (bicyclic) bond motifs is 1. The summed E-state index contributed by atoms with van der Waals surface area (Å²) in [6, 6.07) is 6.07. The van der Waals surface area contributed by atoms with Crippen LogP contribution in [0.25, 0.3) is 10.9 Å². The van der Waals surface area contributed by atoms with Gasteiger partial charge < -0.3 is 5.73 Å². The van der Waals surface area contributed by atoms with Crippen molar-refractivity contribution in [1.29, 1.82) is 0 Å². The average Bonchev–Trinajstić information content (AvgIpc) is 2.17. The molecule has 0 saturated heterocycles. The molecule has 2 aromatic rings. The van der Waals surface area contributed by atoms with Crippen LogP contribution in [0.4, 0.5) is 0 Å². The van der Waals surface area contributed by atoms with Gasteiger partial charge in [-0.15, -0.1) is 0 Å². The third-order valence-corrected chi connectivity index (χ3v) is 2.34. The molecular weight excluding hydrogens is 174 g/mol. The van der Waals surface area contributed by atoms with Crippen molar-refractivity contribution in [2.75, 3.05) is 0 Å². The molecule has 3 nitrogen and oxygen atoms in total. The molecule has 3 heteroatoms. The molecule has 1 heterocycles. The van der Waals surface area contributed by atoms with Crippen molar-refractivity contribution in [3.63, 3.8) is 0 Å². The lowest BCUT2D eigenvalue weighted by molar-refractivity contribution is 0.910. The SMILES string of the molecule is Cc1cccc2nc(CN)nc(C)c12. The second-order valence-corrected chi connectivity index (χ2v) is 3.40. The van der Waals surface area contributed by atoms with E-state index in [-0.39, 0.29) is 0 Å². The van der Waals surface area contributed by atoms with E-state index in [0.717, 1.165) is 16.6 Å². The lowest BCUT2D eigenvalue weighted by Crippen LogP contribution is -2.05. The fourth-order valence-electron chi connectivity index (χ4n) is 1.72. The van der Waals surface area contributed by atoms with E-state index in [0.29, 0.717) is 12.4 Å². The van der Waals surface area contributed by atoms with Crippen LogP contribution in [-0.4, -0.2) is 9.97 Å². The molecule has 0 spiro atoms. The van der Waals surface area contributed by atoms with Crippen molar-refractivity contribution >= 4 is 10.9 Å². The predicted molar refractivity (Wildman–Crippen MR) is 56.9 cm³/mol. The number of hydrogen-bond acceptors (Lipinski definition) is 3. The standard InChI is InChI=1S/C11H13N3/c1-7-4-3-5-9-11(7)8(2)13-10(6-12)14-9/h3-5H,6,12H2,1-2H3. The molecule has 14 heavy (non-hydrogen) atoms. The van der Waals surface area contributed by atoms with E-state index in [1.54, 1.807) is 0 Å². The minimum Gasteiger partial charge on any atom is -0.324 e. The third-order valence-electron chi connectivity index (χ3n) is 2.34. The molecule has 0 amide bonds. The first-order valence-corrected chi connectivity index (χ1v) is 4.65. The Kier molecular flexibility index (Phi) is 2.17. The van der Waals surface area contributed by atoms with Gasteiger partial charge in [0.1, 0.15) is 5.82 Å². The number of aryl methyl sites for hydroxylation is 2. The van der Waals surface area contributed by atoms with E-state index < -0.39 is 0 Å². The summed E-state index contributed by atoms with van der Waals surface area (Å²) < 4.78 is 0. The number of hydrogen-bond donors (Lipinski definition) is 1. The molecular formula is C11H13N3. The van der Waals surface area contributed by atoms with Gasteiger partial charge in [0.2, 0.25) is 0 Å². The zero-order valence-corrected chi connectivity index (χ0v) is 8.41. The van der Waals surface area contributed by atoms with Crippen molar-refractivity contribution in [3.05, 3.63) is 35.3 Å². The van der Waals surface area contributed by atoms with Crippen LogP contribution in [-0.2, 0) is 6.54 Å². The largest absolute Gasteiger partial charge is 0.324 e. The quantitative estimate of drug-likeness (QED) is 0.739. The second kappa shape index (κ2) is 3.35. The van der Waals surface area contributed by atoms with Crippen molar-refractivity contribution in [2.45, 2.75) is 20.4 Å². The lowest BCUT2D eigenvalue weighted by Gasteiger charge is -2.06. The maximum atomic E-state index is 5.52. The molecule has 1 aromatic carbocycles. The molecule has 72 valence electrons. The highest BCUT2D eigenvalue weighted by Gasteiger charge is 2.04. The molecule has 0 atom stereocenters. The fourth-order valence-corrected chi connectivity index (χ4v) is 1.72. The smallest absolute Gasteiger partial charge is 0.142 e. The summed E-state index contributed by atoms with van der Waals surface area (Å²) in [5.41, 5.74) is 8.73. The number of nitrogens with two attached hydrogens (primary N) is 1. The van der Waals surface area contributed by atoms with E-state index in [9.17, 15) is 0 Å². The van der Waals surface area contributed by atoms with Gasteiger partial charge in [0.05, 0.1) is 12.1 Å². The van der Waals surface area contributed by atoms with Gasteiger partial charge in [-0.25, -0.2) is 9.97 Å². The molecule has 0 fully saturated rings. The molecule has 0 aliphatic carbocycles. The van der Waals surface area contributed by atoms with Gasteiger partial charge in [0, 0.05) is 11.1 Å². The van der Waals surface area contributed by atoms with Gasteiger partial charge in [0.25, 0.3) is 0 Å². The highest BCUT2D eigenvalue weighted by atomic mass is 14.9. The molecule has 0 unspecified atom stereocenters. The Morgan fingerprint density at radius 3 is 2.71 bits per heavy atom. The van der Waals surface area contributed by atoms with E-state index in [1.165, 1.54) is 5.56 Å². The molecule has 2 rings (SSSR count). The van der Waals surface area contributed by atoms with E-state index >= 15 is 0 Å². The molecule has 0 bridgehead atoms. The number of nitrogens with zero attached hydrogens (tertiary/aromatic N) is 2. The zero-order chi connectivity index (χ0) is 10.1. The minimum absolute atomic E-state index is 0.394. The minimum atomic E-state index is 0.394. The Morgan fingerprint density at radius 2 is 2.00 bits per heavy atom. The Morgan fingerprint density at radius 1 is 1.21 bits per heavy atom. The second-order valence-electron chi connectivity index (χ2n) is 3.40. The molecule has 0 radical (unpaired) electrons. The summed E-state index contributed by atoms with van der Waals surface area (Å²) in [6.45, 7) is 4.46. The van der Waals surface area contributed by atoms with Crippen molar-refractivity contribution in [1.82, 2.24) is 9.97 Å². The van der Waals surface area contributed by atoms with Crippen molar-refractivity contribution < 1.29 is 0 Å². The van der Waals surface area contributed by atoms with Crippen LogP contribution in [0, 0.1) is 13.8 Å². The van der Waals surface area contributed by atoms with E-state index in [4.69, 9.17) is 5.73 Å². The third kappa shape index (κ3) is 1.36. The van der Waals surface area contributed by atoms with Crippen LogP contribution in [0.5, 0.6) is 0 Å². The Balaban J connectivity index is 2.83. The van der Waals surface area contributed by atoms with Crippen LogP contribution in [0.1, 0.15) is 17.1 Å². The van der Waals surface area contributed by atoms with E-state index in [2.05, 4.69) is 23.0 Å². The summed E-state index contributed by atoms with van der Waals surface area (Å²) >= 11 is 0.